The molecule has 0 unspecified atom stereocenters. The number of urea groups is 1. The van der Waals surface area contributed by atoms with Crippen LogP contribution in [0, 0.1) is 3.57 Å². The number of aliphatic hydroxyl groups is 1. The first-order chi connectivity index (χ1) is 8.43. The van der Waals surface area contributed by atoms with Crippen LogP contribution in [0.3, 0.4) is 0 Å². The van der Waals surface area contributed by atoms with Crippen molar-refractivity contribution >= 4 is 56.2 Å². The monoisotopic (exact) mass is 428 g/mol. The highest BCUT2D eigenvalue weighted by atomic mass is 127. The van der Waals surface area contributed by atoms with Crippen molar-refractivity contribution in [3.8, 4) is 0 Å². The quantitative estimate of drug-likeness (QED) is 0.547. The minimum absolute atomic E-state index is 0.530. The lowest BCUT2D eigenvalue weighted by molar-refractivity contribution is -0.140. The molecular formula is C10H10BrIN2O4. The van der Waals surface area contributed by atoms with Crippen molar-refractivity contribution in [3.05, 3.63) is 26.2 Å². The molecule has 0 aromatic heterocycles. The van der Waals surface area contributed by atoms with Gasteiger partial charge in [-0.2, -0.15) is 0 Å². The highest BCUT2D eigenvalue weighted by Gasteiger charge is 2.18. The molecule has 98 valence electrons. The zero-order chi connectivity index (χ0) is 13.7. The summed E-state index contributed by atoms with van der Waals surface area (Å²) in [6.45, 7) is -0.666. The molecule has 4 N–H and O–H groups in total. The fraction of sp³-hybridized carbons (Fsp3) is 0.200. The van der Waals surface area contributed by atoms with Gasteiger partial charge in [-0.25, -0.2) is 9.59 Å². The van der Waals surface area contributed by atoms with Crippen LogP contribution in [0.1, 0.15) is 0 Å². The van der Waals surface area contributed by atoms with Gasteiger partial charge in [0.1, 0.15) is 0 Å². The molecule has 6 nitrogen and oxygen atoms in total. The van der Waals surface area contributed by atoms with Gasteiger partial charge in [0.15, 0.2) is 6.04 Å². The largest absolute Gasteiger partial charge is 0.480 e. The van der Waals surface area contributed by atoms with E-state index in [0.717, 1.165) is 8.04 Å². The summed E-state index contributed by atoms with van der Waals surface area (Å²) in [5, 5.41) is 22.0. The van der Waals surface area contributed by atoms with Crippen LogP contribution in [0.4, 0.5) is 10.5 Å². The second-order valence-corrected chi connectivity index (χ2v) is 5.32. The number of benzene rings is 1. The maximum absolute atomic E-state index is 11.5. The number of carbonyl (C=O) groups is 2. The smallest absolute Gasteiger partial charge is 0.328 e. The fourth-order valence-corrected chi connectivity index (χ4v) is 1.85. The molecule has 0 spiro atoms. The third-order valence-electron chi connectivity index (χ3n) is 1.96. The number of hydrogen-bond acceptors (Lipinski definition) is 3. The molecule has 0 aliphatic carbocycles. The molecular weight excluding hydrogens is 419 g/mol. The van der Waals surface area contributed by atoms with E-state index in [1.807, 2.05) is 0 Å². The van der Waals surface area contributed by atoms with E-state index < -0.39 is 24.6 Å². The van der Waals surface area contributed by atoms with Gasteiger partial charge in [-0.05, 0) is 56.7 Å². The Morgan fingerprint density at radius 2 is 2.11 bits per heavy atom. The molecule has 0 fully saturated rings. The van der Waals surface area contributed by atoms with Gasteiger partial charge in [0.05, 0.1) is 6.61 Å². The molecule has 0 aliphatic rings. The predicted molar refractivity (Wildman–Crippen MR) is 77.5 cm³/mol. The van der Waals surface area contributed by atoms with Gasteiger partial charge < -0.3 is 20.8 Å². The first-order valence-corrected chi connectivity index (χ1v) is 6.67. The average Bonchev–Trinajstić information content (AvgIpc) is 2.30. The van der Waals surface area contributed by atoms with Crippen LogP contribution >= 0.6 is 38.5 Å². The Balaban J connectivity index is 2.64. The van der Waals surface area contributed by atoms with Crippen molar-refractivity contribution in [1.82, 2.24) is 5.32 Å². The molecule has 1 rings (SSSR count). The Morgan fingerprint density at radius 3 is 2.61 bits per heavy atom. The number of aliphatic carboxylic acids is 1. The van der Waals surface area contributed by atoms with E-state index in [-0.39, 0.29) is 0 Å². The average molecular weight is 429 g/mol. The molecule has 18 heavy (non-hydrogen) atoms. The lowest BCUT2D eigenvalue weighted by Crippen LogP contribution is -2.45. The number of carboxylic acids is 1. The van der Waals surface area contributed by atoms with Crippen LogP contribution in [-0.2, 0) is 4.79 Å². The van der Waals surface area contributed by atoms with Crippen molar-refractivity contribution in [2.45, 2.75) is 6.04 Å². The van der Waals surface area contributed by atoms with Crippen molar-refractivity contribution in [2.24, 2.45) is 0 Å². The summed E-state index contributed by atoms with van der Waals surface area (Å²) >= 11 is 5.41. The molecule has 0 saturated carbocycles. The Hall–Kier alpha value is -0.870. The van der Waals surface area contributed by atoms with Crippen molar-refractivity contribution in [1.29, 1.82) is 0 Å². The Morgan fingerprint density at radius 1 is 1.44 bits per heavy atom. The zero-order valence-corrected chi connectivity index (χ0v) is 12.7. The first-order valence-electron chi connectivity index (χ1n) is 4.80. The highest BCUT2D eigenvalue weighted by molar-refractivity contribution is 14.1. The van der Waals surface area contributed by atoms with Gasteiger partial charge in [0.2, 0.25) is 0 Å². The molecule has 1 aromatic carbocycles. The first kappa shape index (κ1) is 15.2. The van der Waals surface area contributed by atoms with E-state index in [4.69, 9.17) is 10.2 Å². The van der Waals surface area contributed by atoms with Crippen LogP contribution in [0.2, 0.25) is 0 Å². The summed E-state index contributed by atoms with van der Waals surface area (Å²) in [6, 6.07) is 3.14. The summed E-state index contributed by atoms with van der Waals surface area (Å²) in [5.74, 6) is -1.29. The maximum Gasteiger partial charge on any atom is 0.328 e. The Bertz CT molecular complexity index is 469. The molecule has 0 radical (unpaired) electrons. The second kappa shape index (κ2) is 6.90. The standard InChI is InChI=1S/C10H10BrIN2O4/c11-6-2-1-5(3-7(6)12)13-10(18)14-8(4-15)9(16)17/h1-3,8,15H,4H2,(H,16,17)(H2,13,14,18)/t8-/m1/s1. The third kappa shape index (κ3) is 4.42. The van der Waals surface area contributed by atoms with Gasteiger partial charge in [-0.3, -0.25) is 0 Å². The Labute approximate surface area is 125 Å². The number of aliphatic hydroxyl groups excluding tert-OH is 1. The summed E-state index contributed by atoms with van der Waals surface area (Å²) in [6.07, 6.45) is 0. The number of hydrogen-bond donors (Lipinski definition) is 4. The van der Waals surface area contributed by atoms with E-state index in [1.165, 1.54) is 0 Å². The van der Waals surface area contributed by atoms with Gasteiger partial charge >= 0.3 is 12.0 Å². The molecule has 0 bridgehead atoms. The fourth-order valence-electron chi connectivity index (χ4n) is 1.08. The predicted octanol–water partition coefficient (Wildman–Crippen LogP) is 1.62. The van der Waals surface area contributed by atoms with E-state index >= 15 is 0 Å². The van der Waals surface area contributed by atoms with Gasteiger partial charge in [0, 0.05) is 13.7 Å². The number of rotatable bonds is 4. The van der Waals surface area contributed by atoms with Crippen molar-refractivity contribution < 1.29 is 19.8 Å². The van der Waals surface area contributed by atoms with E-state index in [9.17, 15) is 9.59 Å². The van der Waals surface area contributed by atoms with E-state index in [0.29, 0.717) is 5.69 Å². The number of carboxylic acid groups (broad SMARTS) is 1. The number of nitrogens with one attached hydrogen (secondary N) is 2. The van der Waals surface area contributed by atoms with Crippen molar-refractivity contribution in [3.63, 3.8) is 0 Å². The minimum Gasteiger partial charge on any atom is -0.480 e. The molecule has 8 heteroatoms. The number of carbonyl (C=O) groups excluding carboxylic acids is 1. The molecule has 1 atom stereocenters. The molecule has 0 aliphatic heterocycles. The summed E-state index contributed by atoms with van der Waals surface area (Å²) < 4.78 is 1.80. The van der Waals surface area contributed by atoms with E-state index in [2.05, 4.69) is 49.2 Å². The van der Waals surface area contributed by atoms with Gasteiger partial charge in [-0.15, -0.1) is 0 Å². The summed E-state index contributed by atoms with van der Waals surface area (Å²) in [4.78, 5) is 22.1. The highest BCUT2D eigenvalue weighted by Crippen LogP contribution is 2.22. The number of halogens is 2. The van der Waals surface area contributed by atoms with Crippen LogP contribution in [-0.4, -0.2) is 34.9 Å². The molecule has 1 aromatic rings. The Kier molecular flexibility index (Phi) is 5.82. The minimum atomic E-state index is -1.32. The summed E-state index contributed by atoms with van der Waals surface area (Å²) in [7, 11) is 0. The summed E-state index contributed by atoms with van der Waals surface area (Å²) in [5.41, 5.74) is 0.530. The lowest BCUT2D eigenvalue weighted by atomic mass is 10.3. The molecule has 0 saturated heterocycles. The van der Waals surface area contributed by atoms with Crippen LogP contribution in [0.5, 0.6) is 0 Å². The molecule has 0 heterocycles. The van der Waals surface area contributed by atoms with Crippen LogP contribution in [0.25, 0.3) is 0 Å². The van der Waals surface area contributed by atoms with Crippen molar-refractivity contribution in [2.75, 3.05) is 11.9 Å². The number of anilines is 1. The lowest BCUT2D eigenvalue weighted by Gasteiger charge is -2.12. The third-order valence-corrected chi connectivity index (χ3v) is 4.29. The van der Waals surface area contributed by atoms with Gasteiger partial charge in [0.25, 0.3) is 0 Å². The molecule has 2 amide bonds. The second-order valence-electron chi connectivity index (χ2n) is 3.30. The van der Waals surface area contributed by atoms with Crippen LogP contribution < -0.4 is 10.6 Å². The zero-order valence-electron chi connectivity index (χ0n) is 8.98. The topological polar surface area (TPSA) is 98.7 Å². The maximum atomic E-state index is 11.5. The normalized spacial score (nSPS) is 11.7. The van der Waals surface area contributed by atoms with Gasteiger partial charge in [-0.1, -0.05) is 0 Å². The SMILES string of the molecule is O=C(Nc1ccc(Br)c(I)c1)N[C@H](CO)C(=O)O. The van der Waals surface area contributed by atoms with Crippen LogP contribution in [0.15, 0.2) is 22.7 Å². The number of amides is 2. The van der Waals surface area contributed by atoms with E-state index in [1.54, 1.807) is 18.2 Å².